The van der Waals surface area contributed by atoms with Crippen molar-refractivity contribution in [1.82, 2.24) is 0 Å². The number of benzene rings is 4. The fourth-order valence-corrected chi connectivity index (χ4v) is 13.5. The Labute approximate surface area is 429 Å². The summed E-state index contributed by atoms with van der Waals surface area (Å²) in [5, 5.41) is 11.5. The van der Waals surface area contributed by atoms with Crippen LogP contribution < -0.4 is 20.7 Å². The van der Waals surface area contributed by atoms with Gasteiger partial charge < -0.3 is 8.83 Å². The van der Waals surface area contributed by atoms with E-state index >= 15 is 0 Å². The van der Waals surface area contributed by atoms with E-state index in [0.717, 1.165) is 23.0 Å². The van der Waals surface area contributed by atoms with Crippen molar-refractivity contribution in [1.29, 1.82) is 0 Å². The molecule has 0 aliphatic carbocycles. The molecular formula is C58H76Cl2O2Si5Zr-2. The first-order chi connectivity index (χ1) is 31.3. The molecule has 2 aromatic heterocycles. The predicted octanol–water partition coefficient (Wildman–Crippen LogP) is 17.2. The molecule has 8 aromatic rings. The number of hydrogen-bond acceptors (Lipinski definition) is 2. The molecule has 360 valence electrons. The van der Waals surface area contributed by atoms with Crippen LogP contribution in [0.5, 0.6) is 0 Å². The van der Waals surface area contributed by atoms with Crippen molar-refractivity contribution in [3.05, 3.63) is 131 Å². The molecule has 0 bridgehead atoms. The maximum Gasteiger partial charge on any atom is 0.0925 e. The normalized spacial score (nSPS) is 12.3. The molecule has 68 heavy (non-hydrogen) atoms. The van der Waals surface area contributed by atoms with Crippen molar-refractivity contribution in [2.24, 2.45) is 0 Å². The van der Waals surface area contributed by atoms with Crippen molar-refractivity contribution < 1.29 is 26.8 Å². The third-order valence-electron chi connectivity index (χ3n) is 13.4. The number of rotatable bonds is 8. The van der Waals surface area contributed by atoms with Crippen LogP contribution in [0.1, 0.15) is 33.8 Å². The molecule has 2 heterocycles. The summed E-state index contributed by atoms with van der Waals surface area (Å²) >= 11 is -1.65. The van der Waals surface area contributed by atoms with Gasteiger partial charge in [0.1, 0.15) is 0 Å². The second kappa shape index (κ2) is 20.7. The van der Waals surface area contributed by atoms with Gasteiger partial charge in [0.05, 0.1) is 55.3 Å². The molecule has 10 heteroatoms. The molecule has 0 amide bonds. The molecule has 2 nitrogen and oxygen atoms in total. The van der Waals surface area contributed by atoms with Crippen LogP contribution in [0, 0.1) is 41.5 Å². The van der Waals surface area contributed by atoms with E-state index in [9.17, 15) is 0 Å². The molecule has 0 radical (unpaired) electrons. The Morgan fingerprint density at radius 3 is 0.956 bits per heavy atom. The molecule has 0 saturated heterocycles. The summed E-state index contributed by atoms with van der Waals surface area (Å²) in [6.45, 7) is 46.6. The topological polar surface area (TPSA) is 26.3 Å². The van der Waals surface area contributed by atoms with Crippen molar-refractivity contribution in [2.75, 3.05) is 0 Å². The Hall–Kier alpha value is -2.79. The number of halogens is 2. The fraction of sp³-hybridized carbons (Fsp3) is 0.345. The zero-order valence-electron chi connectivity index (χ0n) is 44.8. The summed E-state index contributed by atoms with van der Waals surface area (Å²) in [6.07, 6.45) is 0. The van der Waals surface area contributed by atoms with E-state index in [2.05, 4.69) is 216 Å². The average Bonchev–Trinajstić information content (AvgIpc) is 4.02. The maximum absolute atomic E-state index is 6.04. The van der Waals surface area contributed by atoms with Gasteiger partial charge in [-0.25, -0.2) is 0 Å². The quantitative estimate of drug-likeness (QED) is 0.112. The molecule has 0 aliphatic rings. The van der Waals surface area contributed by atoms with Crippen LogP contribution in [0.2, 0.25) is 91.7 Å². The summed E-state index contributed by atoms with van der Waals surface area (Å²) in [5.74, 6) is 3.93. The second-order valence-electron chi connectivity index (χ2n) is 23.6. The van der Waals surface area contributed by atoms with Gasteiger partial charge in [-0.05, 0) is 87.1 Å². The average molecular weight is 1110 g/mol. The Morgan fingerprint density at radius 1 is 0.426 bits per heavy atom. The summed E-state index contributed by atoms with van der Waals surface area (Å²) in [5.41, 5.74) is 12.7. The molecule has 0 spiro atoms. The van der Waals surface area contributed by atoms with Gasteiger partial charge in [0.2, 0.25) is 0 Å². The minimum Gasteiger partial charge on any atom is -0.496 e. The van der Waals surface area contributed by atoms with Gasteiger partial charge in [-0.1, -0.05) is 170 Å². The summed E-state index contributed by atoms with van der Waals surface area (Å²) < 4.78 is 12.1. The first-order valence-corrected chi connectivity index (χ1v) is 50.7. The largest absolute Gasteiger partial charge is 0.496 e. The molecule has 0 atom stereocenters. The van der Waals surface area contributed by atoms with E-state index in [1.165, 1.54) is 77.2 Å². The van der Waals surface area contributed by atoms with Gasteiger partial charge in [-0.2, -0.15) is 0 Å². The number of fused-ring (bicyclic) bond motifs is 2. The number of hydrogen-bond donors (Lipinski definition) is 0. The van der Waals surface area contributed by atoms with Gasteiger partial charge in [0.25, 0.3) is 0 Å². The molecule has 0 unspecified atom stereocenters. The summed E-state index contributed by atoms with van der Waals surface area (Å²) in [6, 6.07) is 37.5. The SMILES string of the molecule is C[Si](C)=[Zr]([Cl])[Cl].Cc1cc(-c2cc3c(-c4cc([Si](C)(C)C)cc([Si](C)(C)C)c4)c(C)ccc3[cH-]2)oc1C.Cc1cc(-c2cc3c(-c4cc([Si](C)(C)C)cc([Si](C)(C)C)c4)c(C)ccc3[cH-]2)oc1C. The summed E-state index contributed by atoms with van der Waals surface area (Å²) in [7, 11) is 5.49. The first kappa shape index (κ1) is 54.5. The van der Waals surface area contributed by atoms with Crippen LogP contribution in [0.4, 0.5) is 0 Å². The Bertz CT molecular complexity index is 2840. The van der Waals surface area contributed by atoms with E-state index in [0.29, 0.717) is 0 Å². The molecule has 8 rings (SSSR count). The van der Waals surface area contributed by atoms with Crippen LogP contribution >= 0.6 is 17.0 Å². The second-order valence-corrected chi connectivity index (χ2v) is 66.9. The van der Waals surface area contributed by atoms with Gasteiger partial charge in [0, 0.05) is 0 Å². The fourth-order valence-electron chi connectivity index (χ4n) is 8.54. The molecule has 0 saturated carbocycles. The molecule has 0 fully saturated rings. The van der Waals surface area contributed by atoms with E-state index < -0.39 is 50.3 Å². The third-order valence-corrected chi connectivity index (χ3v) is 41.2. The number of aryl methyl sites for hydroxylation is 6. The van der Waals surface area contributed by atoms with Crippen molar-refractivity contribution in [3.8, 4) is 44.9 Å². The number of furan rings is 2. The minimum atomic E-state index is -1.65. The van der Waals surface area contributed by atoms with Crippen LogP contribution in [0.3, 0.4) is 0 Å². The van der Waals surface area contributed by atoms with Gasteiger partial charge in [-0.15, -0.1) is 57.9 Å². The Morgan fingerprint density at radius 2 is 0.721 bits per heavy atom. The van der Waals surface area contributed by atoms with E-state index in [1.807, 2.05) is 13.8 Å². The van der Waals surface area contributed by atoms with Crippen LogP contribution in [0.25, 0.3) is 66.4 Å². The van der Waals surface area contributed by atoms with Gasteiger partial charge in [-0.3, -0.25) is 0 Å². The zero-order chi connectivity index (χ0) is 50.6. The minimum absolute atomic E-state index is 0.224. The molecule has 0 aliphatic heterocycles. The van der Waals surface area contributed by atoms with Gasteiger partial charge >= 0.3 is 53.5 Å². The zero-order valence-corrected chi connectivity index (χ0v) is 53.8. The van der Waals surface area contributed by atoms with Crippen molar-refractivity contribution >= 4 is 97.0 Å². The van der Waals surface area contributed by atoms with E-state index in [1.54, 1.807) is 20.7 Å². The van der Waals surface area contributed by atoms with E-state index in [-0.39, 0.29) is 5.43 Å². The molecule has 6 aromatic carbocycles. The molecular weight excluding hydrogens is 1030 g/mol. The third kappa shape index (κ3) is 12.6. The maximum atomic E-state index is 6.04. The summed E-state index contributed by atoms with van der Waals surface area (Å²) in [4.78, 5) is 0. The Kier molecular flexibility index (Phi) is 16.6. The Balaban J connectivity index is 0.000000200. The smallest absolute Gasteiger partial charge is 0.0925 e. The standard InChI is InChI=1S/2C28H35OSi2.C2H6Si.2ClH.Zr/c2*1-18-10-11-21-13-22(27-12-19(2)20(3)29-27)16-26(21)28(18)23-14-24(30(4,5)6)17-25(15-23)31(7,8)9;1-3-2;;;/h2*10-17H,1-9H3;1-2H3;2*1H;/q2*-1;;;;+2/p-2. The van der Waals surface area contributed by atoms with Crippen molar-refractivity contribution in [3.63, 3.8) is 0 Å². The predicted molar refractivity (Wildman–Crippen MR) is 315 cm³/mol. The van der Waals surface area contributed by atoms with Crippen LogP contribution in [-0.2, 0) is 18.0 Å². The molecule has 0 N–H and O–H groups in total. The van der Waals surface area contributed by atoms with Crippen LogP contribution in [0.15, 0.2) is 106 Å². The first-order valence-electron chi connectivity index (χ1n) is 24.2. The van der Waals surface area contributed by atoms with E-state index in [4.69, 9.17) is 25.9 Å². The van der Waals surface area contributed by atoms with Crippen LogP contribution in [-0.4, -0.2) is 37.7 Å². The van der Waals surface area contributed by atoms with Gasteiger partial charge in [0.15, 0.2) is 0 Å². The monoisotopic (exact) mass is 1100 g/mol. The van der Waals surface area contributed by atoms with Crippen molar-refractivity contribution in [2.45, 2.75) is 133 Å².